The highest BCUT2D eigenvalue weighted by Crippen LogP contribution is 2.33. The molecule has 5 nitrogen and oxygen atoms in total. The Hall–Kier alpha value is -2.00. The van der Waals surface area contributed by atoms with Crippen LogP contribution < -0.4 is 5.32 Å². The van der Waals surface area contributed by atoms with E-state index in [2.05, 4.69) is 15.2 Å². The Morgan fingerprint density at radius 3 is 2.80 bits per heavy atom. The monoisotopic (exact) mass is 369 g/mol. The normalized spacial score (nSPS) is 25.5. The fraction of sp³-hybridized carbons (Fsp3) is 0.438. The van der Waals surface area contributed by atoms with E-state index in [1.165, 1.54) is 12.3 Å². The third-order valence-electron chi connectivity index (χ3n) is 4.81. The van der Waals surface area contributed by atoms with Crippen molar-refractivity contribution >= 4 is 33.1 Å². The highest BCUT2D eigenvalue weighted by atomic mass is 32.1. The molecule has 2 fully saturated rings. The zero-order chi connectivity index (χ0) is 17.8. The Balaban J connectivity index is 1.60. The van der Waals surface area contributed by atoms with Crippen LogP contribution >= 0.6 is 11.3 Å². The third-order valence-corrected chi connectivity index (χ3v) is 5.74. The number of fused-ring (bicyclic) bond motifs is 3. The van der Waals surface area contributed by atoms with Gasteiger partial charge < -0.3 is 5.32 Å². The lowest BCUT2D eigenvalue weighted by Gasteiger charge is -2.25. The second-order valence-corrected chi connectivity index (χ2v) is 7.33. The number of halogens is 3. The van der Waals surface area contributed by atoms with Crippen LogP contribution in [0.15, 0.2) is 17.6 Å². The first-order valence-electron chi connectivity index (χ1n) is 7.86. The molecule has 2 aliphatic rings. The van der Waals surface area contributed by atoms with E-state index in [0.717, 1.165) is 42.6 Å². The molecular weight excluding hydrogens is 355 g/mol. The van der Waals surface area contributed by atoms with E-state index in [0.29, 0.717) is 10.6 Å². The van der Waals surface area contributed by atoms with Gasteiger partial charge in [0.15, 0.2) is 0 Å². The van der Waals surface area contributed by atoms with Crippen molar-refractivity contribution in [3.05, 3.63) is 28.9 Å². The Morgan fingerprint density at radius 1 is 1.36 bits per heavy atom. The van der Waals surface area contributed by atoms with E-state index in [1.807, 2.05) is 0 Å². The lowest BCUT2D eigenvalue weighted by atomic mass is 10.0. The lowest BCUT2D eigenvalue weighted by Crippen LogP contribution is -2.45. The predicted molar refractivity (Wildman–Crippen MR) is 85.6 cm³/mol. The summed E-state index contributed by atoms with van der Waals surface area (Å²) >= 11 is 0.998. The molecule has 2 aromatic rings. The Morgan fingerprint density at radius 2 is 2.16 bits per heavy atom. The summed E-state index contributed by atoms with van der Waals surface area (Å²) < 4.78 is 38.6. The molecule has 0 aromatic carbocycles. The van der Waals surface area contributed by atoms with E-state index in [1.54, 1.807) is 0 Å². The molecule has 0 aliphatic carbocycles. The maximum Gasteiger partial charge on any atom is 0.454 e. The van der Waals surface area contributed by atoms with Crippen molar-refractivity contribution in [1.82, 2.24) is 15.2 Å². The van der Waals surface area contributed by atoms with Gasteiger partial charge in [0.1, 0.15) is 5.69 Å². The molecule has 1 N–H and O–H groups in total. The molecular formula is C16H14F3N3O2S. The van der Waals surface area contributed by atoms with E-state index in [-0.39, 0.29) is 17.2 Å². The van der Waals surface area contributed by atoms with E-state index >= 15 is 0 Å². The molecule has 2 saturated heterocycles. The number of rotatable bonds is 3. The maximum atomic E-state index is 12.7. The number of nitrogens with zero attached hydrogens (tertiary/aromatic N) is 2. The van der Waals surface area contributed by atoms with Crippen LogP contribution in [0.3, 0.4) is 0 Å². The van der Waals surface area contributed by atoms with Crippen molar-refractivity contribution in [3.63, 3.8) is 0 Å². The summed E-state index contributed by atoms with van der Waals surface area (Å²) in [5.41, 5.74) is -0.418. The average molecular weight is 369 g/mol. The number of hydrogen-bond donors (Lipinski definition) is 1. The minimum Gasteiger partial charge on any atom is -0.335 e. The van der Waals surface area contributed by atoms with E-state index < -0.39 is 23.4 Å². The highest BCUT2D eigenvalue weighted by Gasteiger charge is 2.41. The largest absolute Gasteiger partial charge is 0.454 e. The van der Waals surface area contributed by atoms with E-state index in [4.69, 9.17) is 0 Å². The molecule has 9 heteroatoms. The molecule has 0 spiro atoms. The second kappa shape index (κ2) is 5.77. The van der Waals surface area contributed by atoms with Gasteiger partial charge in [-0.2, -0.15) is 13.2 Å². The topological polar surface area (TPSA) is 62.3 Å². The maximum absolute atomic E-state index is 12.7. The van der Waals surface area contributed by atoms with Crippen molar-refractivity contribution in [1.29, 1.82) is 0 Å². The number of carbonyl (C=O) groups excluding carboxylic acids is 2. The SMILES string of the molecule is O=C(NC1CC2CCN1C2)c1cc2c(C(=O)C(F)(F)F)csc2cn1. The molecule has 0 radical (unpaired) electrons. The van der Waals surface area contributed by atoms with Crippen LogP contribution in [0.2, 0.25) is 0 Å². The number of amides is 1. The lowest BCUT2D eigenvalue weighted by molar-refractivity contribution is -0.0883. The average Bonchev–Trinajstić information content (AvgIpc) is 3.27. The smallest absolute Gasteiger partial charge is 0.335 e. The van der Waals surface area contributed by atoms with Crippen LogP contribution in [0.25, 0.3) is 10.1 Å². The molecule has 25 heavy (non-hydrogen) atoms. The van der Waals surface area contributed by atoms with Gasteiger partial charge in [-0.05, 0) is 24.8 Å². The van der Waals surface area contributed by atoms with Gasteiger partial charge in [0.2, 0.25) is 0 Å². The van der Waals surface area contributed by atoms with Gasteiger partial charge in [-0.3, -0.25) is 14.5 Å². The molecule has 2 aromatic heterocycles. The molecule has 2 aliphatic heterocycles. The number of thiophene rings is 1. The Labute approximate surface area is 144 Å². The summed E-state index contributed by atoms with van der Waals surface area (Å²) in [5.74, 6) is -1.75. The van der Waals surface area contributed by atoms with Crippen molar-refractivity contribution in [3.8, 4) is 0 Å². The van der Waals surface area contributed by atoms with Gasteiger partial charge in [0.05, 0.1) is 10.9 Å². The molecule has 3 unspecified atom stereocenters. The van der Waals surface area contributed by atoms with Crippen molar-refractivity contribution in [2.75, 3.05) is 13.1 Å². The number of pyridine rings is 1. The summed E-state index contributed by atoms with van der Waals surface area (Å²) in [6.07, 6.45) is -1.65. The summed E-state index contributed by atoms with van der Waals surface area (Å²) in [7, 11) is 0. The Bertz CT molecular complexity index is 864. The first-order valence-corrected chi connectivity index (χ1v) is 8.74. The third kappa shape index (κ3) is 2.91. The molecule has 3 atom stereocenters. The first kappa shape index (κ1) is 16.5. The minimum absolute atomic E-state index is 0.0195. The fourth-order valence-electron chi connectivity index (χ4n) is 3.56. The number of alkyl halides is 3. The number of nitrogens with one attached hydrogen (secondary N) is 1. The van der Waals surface area contributed by atoms with Gasteiger partial charge in [-0.15, -0.1) is 11.3 Å². The van der Waals surface area contributed by atoms with Crippen LogP contribution in [0.1, 0.15) is 33.7 Å². The van der Waals surface area contributed by atoms with Crippen LogP contribution in [-0.2, 0) is 0 Å². The zero-order valence-electron chi connectivity index (χ0n) is 13.0. The highest BCUT2D eigenvalue weighted by molar-refractivity contribution is 7.17. The zero-order valence-corrected chi connectivity index (χ0v) is 13.8. The predicted octanol–water partition coefficient (Wildman–Crippen LogP) is 2.82. The molecule has 2 bridgehead atoms. The van der Waals surface area contributed by atoms with Crippen LogP contribution in [-0.4, -0.2) is 47.0 Å². The first-order chi connectivity index (χ1) is 11.8. The number of aromatic nitrogens is 1. The summed E-state index contributed by atoms with van der Waals surface area (Å²) in [6.45, 7) is 1.91. The second-order valence-electron chi connectivity index (χ2n) is 6.42. The molecule has 4 heterocycles. The van der Waals surface area contributed by atoms with Gasteiger partial charge in [-0.1, -0.05) is 0 Å². The van der Waals surface area contributed by atoms with Crippen LogP contribution in [0.4, 0.5) is 13.2 Å². The number of carbonyl (C=O) groups is 2. The van der Waals surface area contributed by atoms with Gasteiger partial charge >= 0.3 is 6.18 Å². The van der Waals surface area contributed by atoms with Gasteiger partial charge in [-0.25, -0.2) is 4.98 Å². The molecule has 1 amide bonds. The summed E-state index contributed by atoms with van der Waals surface area (Å²) in [4.78, 5) is 30.2. The van der Waals surface area contributed by atoms with Crippen molar-refractivity contribution < 1.29 is 22.8 Å². The minimum atomic E-state index is -4.95. The Kier molecular flexibility index (Phi) is 3.80. The standard InChI is InChI=1S/C16H14F3N3O2S/c17-16(18,19)14(23)10-7-25-12-5-20-11(4-9(10)12)15(24)21-13-3-8-1-2-22(13)6-8/h4-5,7-8,13H,1-3,6H2,(H,21,24). The van der Waals surface area contributed by atoms with E-state index in [9.17, 15) is 22.8 Å². The number of piperidine rings is 1. The number of ketones is 1. The van der Waals surface area contributed by atoms with Crippen molar-refractivity contribution in [2.24, 2.45) is 5.92 Å². The molecule has 0 saturated carbocycles. The summed E-state index contributed by atoms with van der Waals surface area (Å²) in [5, 5.41) is 4.15. The van der Waals surface area contributed by atoms with Crippen LogP contribution in [0.5, 0.6) is 0 Å². The number of Topliss-reactive ketones (excluding diaryl/α,β-unsaturated/α-hetero) is 1. The number of hydrogen-bond acceptors (Lipinski definition) is 5. The van der Waals surface area contributed by atoms with Gasteiger partial charge in [0, 0.05) is 35.6 Å². The van der Waals surface area contributed by atoms with Crippen LogP contribution in [0, 0.1) is 5.92 Å². The molecule has 4 rings (SSSR count). The summed E-state index contributed by atoms with van der Waals surface area (Å²) in [6, 6.07) is 1.27. The van der Waals surface area contributed by atoms with Gasteiger partial charge in [0.25, 0.3) is 11.7 Å². The fourth-order valence-corrected chi connectivity index (χ4v) is 4.45. The molecule has 132 valence electrons. The quantitative estimate of drug-likeness (QED) is 0.846. The van der Waals surface area contributed by atoms with Crippen molar-refractivity contribution in [2.45, 2.75) is 25.2 Å².